The monoisotopic (exact) mass is 258 g/mol. The maximum atomic E-state index is 8.69. The molecule has 0 amide bonds. The van der Waals surface area contributed by atoms with Gasteiger partial charge in [0.1, 0.15) is 0 Å². The molecule has 0 atom stereocenters. The van der Waals surface area contributed by atoms with Gasteiger partial charge in [0.05, 0.1) is 12.1 Å². The molecular formula is C18H14N2. The van der Waals surface area contributed by atoms with Gasteiger partial charge in [-0.1, -0.05) is 55.1 Å². The highest BCUT2D eigenvalue weighted by atomic mass is 14.2. The Hall–Kier alpha value is -3.10. The maximum absolute atomic E-state index is 8.69. The van der Waals surface area contributed by atoms with Gasteiger partial charge in [-0.3, -0.25) is 0 Å². The van der Waals surface area contributed by atoms with E-state index in [-0.39, 0.29) is 0 Å². The van der Waals surface area contributed by atoms with Crippen molar-refractivity contribution >= 4 is 5.57 Å². The van der Waals surface area contributed by atoms with Crippen LogP contribution in [-0.2, 0) is 0 Å². The Labute approximate surface area is 119 Å². The summed E-state index contributed by atoms with van der Waals surface area (Å²) in [4.78, 5) is 0. The van der Waals surface area contributed by atoms with Gasteiger partial charge in [0, 0.05) is 12.2 Å². The van der Waals surface area contributed by atoms with Crippen LogP contribution >= 0.6 is 0 Å². The van der Waals surface area contributed by atoms with Crippen LogP contribution in [0, 0.1) is 22.7 Å². The molecule has 0 spiro atoms. The second-order valence-corrected chi connectivity index (χ2v) is 3.75. The molecule has 0 aliphatic heterocycles. The summed E-state index contributed by atoms with van der Waals surface area (Å²) in [6.45, 7) is 3.66. The van der Waals surface area contributed by atoms with Gasteiger partial charge < -0.3 is 0 Å². The largest absolute Gasteiger partial charge is 0.193 e. The second kappa shape index (κ2) is 8.91. The van der Waals surface area contributed by atoms with E-state index in [0.29, 0.717) is 0 Å². The van der Waals surface area contributed by atoms with Gasteiger partial charge in [0.15, 0.2) is 0 Å². The molecule has 96 valence electrons. The van der Waals surface area contributed by atoms with Gasteiger partial charge in [0.2, 0.25) is 0 Å². The first-order chi connectivity index (χ1) is 9.83. The van der Waals surface area contributed by atoms with Gasteiger partial charge in [-0.15, -0.1) is 0 Å². The average Bonchev–Trinajstić information content (AvgIpc) is 2.50. The van der Waals surface area contributed by atoms with E-state index < -0.39 is 0 Å². The molecule has 0 aromatic heterocycles. The van der Waals surface area contributed by atoms with E-state index >= 15 is 0 Å². The fraction of sp³-hybridized carbons (Fsp3) is 0. The summed E-state index contributed by atoms with van der Waals surface area (Å²) in [5.74, 6) is 0. The number of benzene rings is 1. The van der Waals surface area contributed by atoms with Crippen molar-refractivity contribution in [2.75, 3.05) is 0 Å². The lowest BCUT2D eigenvalue weighted by Crippen LogP contribution is -1.85. The molecule has 20 heavy (non-hydrogen) atoms. The van der Waals surface area contributed by atoms with E-state index in [1.54, 1.807) is 18.2 Å². The molecule has 0 saturated heterocycles. The predicted octanol–water partition coefficient (Wildman–Crippen LogP) is 4.34. The number of nitriles is 2. The Bertz CT molecular complexity index is 619. The predicted molar refractivity (Wildman–Crippen MR) is 82.2 cm³/mol. The van der Waals surface area contributed by atoms with Crippen LogP contribution in [0.5, 0.6) is 0 Å². The van der Waals surface area contributed by atoms with E-state index in [0.717, 1.165) is 16.7 Å². The Morgan fingerprint density at radius 3 is 2.05 bits per heavy atom. The van der Waals surface area contributed by atoms with Crippen LogP contribution in [-0.4, -0.2) is 0 Å². The van der Waals surface area contributed by atoms with Crippen molar-refractivity contribution in [3.8, 4) is 12.1 Å². The summed E-state index contributed by atoms with van der Waals surface area (Å²) in [5.41, 5.74) is 2.71. The molecule has 1 aromatic carbocycles. The molecule has 0 fully saturated rings. The molecule has 0 bridgehead atoms. The van der Waals surface area contributed by atoms with Crippen LogP contribution in [0.2, 0.25) is 0 Å². The first-order valence-corrected chi connectivity index (χ1v) is 6.04. The summed E-state index contributed by atoms with van der Waals surface area (Å²) in [7, 11) is 0. The van der Waals surface area contributed by atoms with Gasteiger partial charge in [-0.05, 0) is 28.9 Å². The minimum absolute atomic E-state index is 0.789. The summed E-state index contributed by atoms with van der Waals surface area (Å²) in [6.07, 6.45) is 11.6. The number of hydrogen-bond acceptors (Lipinski definition) is 2. The van der Waals surface area contributed by atoms with Crippen LogP contribution in [0.15, 0.2) is 85.0 Å². The molecule has 0 heterocycles. The first kappa shape index (κ1) is 15.0. The fourth-order valence-electron chi connectivity index (χ4n) is 1.63. The summed E-state index contributed by atoms with van der Waals surface area (Å²) in [5, 5.41) is 17.4. The third kappa shape index (κ3) is 4.64. The summed E-state index contributed by atoms with van der Waals surface area (Å²) < 4.78 is 0. The highest BCUT2D eigenvalue weighted by molar-refractivity contribution is 5.80. The van der Waals surface area contributed by atoms with E-state index in [2.05, 4.69) is 6.58 Å². The minimum Gasteiger partial charge on any atom is -0.193 e. The van der Waals surface area contributed by atoms with Crippen LogP contribution in [0.4, 0.5) is 0 Å². The molecule has 0 saturated carbocycles. The third-order valence-electron chi connectivity index (χ3n) is 2.47. The van der Waals surface area contributed by atoms with Crippen LogP contribution in [0.3, 0.4) is 0 Å². The molecule has 0 aliphatic carbocycles. The lowest BCUT2D eigenvalue weighted by Gasteiger charge is -2.06. The van der Waals surface area contributed by atoms with Gasteiger partial charge in [-0.2, -0.15) is 10.5 Å². The molecule has 1 rings (SSSR count). The van der Waals surface area contributed by atoms with Crippen molar-refractivity contribution in [1.82, 2.24) is 0 Å². The molecule has 0 radical (unpaired) electrons. The maximum Gasteiger partial charge on any atom is 0.0912 e. The van der Waals surface area contributed by atoms with Crippen LogP contribution in [0.1, 0.15) is 5.56 Å². The minimum atomic E-state index is 0.789. The normalized spacial score (nSPS) is 10.5. The molecule has 1 aromatic rings. The van der Waals surface area contributed by atoms with E-state index in [9.17, 15) is 0 Å². The summed E-state index contributed by atoms with van der Waals surface area (Å²) in [6, 6.07) is 13.7. The molecule has 0 N–H and O–H groups in total. The molecule has 2 nitrogen and oxygen atoms in total. The summed E-state index contributed by atoms with van der Waals surface area (Å²) >= 11 is 0. The first-order valence-electron chi connectivity index (χ1n) is 6.04. The van der Waals surface area contributed by atoms with E-state index in [1.807, 2.05) is 54.6 Å². The third-order valence-corrected chi connectivity index (χ3v) is 2.47. The SMILES string of the molecule is C=CC=CC(=C(C=CC#N)C=CC#N)c1ccccc1. The van der Waals surface area contributed by atoms with Crippen molar-refractivity contribution in [3.05, 3.63) is 90.6 Å². The Kier molecular flexibility index (Phi) is 6.67. The quantitative estimate of drug-likeness (QED) is 0.582. The topological polar surface area (TPSA) is 47.6 Å². The van der Waals surface area contributed by atoms with Crippen molar-refractivity contribution in [1.29, 1.82) is 10.5 Å². The van der Waals surface area contributed by atoms with Crippen LogP contribution < -0.4 is 0 Å². The number of hydrogen-bond donors (Lipinski definition) is 0. The van der Waals surface area contributed by atoms with E-state index in [1.165, 1.54) is 12.2 Å². The molecular weight excluding hydrogens is 244 g/mol. The fourth-order valence-corrected chi connectivity index (χ4v) is 1.63. The zero-order valence-electron chi connectivity index (χ0n) is 11.0. The van der Waals surface area contributed by atoms with Crippen molar-refractivity contribution in [2.45, 2.75) is 0 Å². The zero-order chi connectivity index (χ0) is 14.6. The number of allylic oxidation sites excluding steroid dienone is 9. The van der Waals surface area contributed by atoms with E-state index in [4.69, 9.17) is 10.5 Å². The van der Waals surface area contributed by atoms with Crippen LogP contribution in [0.25, 0.3) is 5.57 Å². The van der Waals surface area contributed by atoms with Crippen molar-refractivity contribution in [3.63, 3.8) is 0 Å². The highest BCUT2D eigenvalue weighted by Gasteiger charge is 2.01. The lowest BCUT2D eigenvalue weighted by atomic mass is 9.98. The second-order valence-electron chi connectivity index (χ2n) is 3.75. The van der Waals surface area contributed by atoms with Gasteiger partial charge in [0.25, 0.3) is 0 Å². The number of nitrogens with zero attached hydrogens (tertiary/aromatic N) is 2. The Balaban J connectivity index is 3.46. The lowest BCUT2D eigenvalue weighted by molar-refractivity contribution is 1.52. The van der Waals surface area contributed by atoms with Gasteiger partial charge >= 0.3 is 0 Å². The van der Waals surface area contributed by atoms with Gasteiger partial charge in [-0.25, -0.2) is 0 Å². The number of rotatable bonds is 5. The van der Waals surface area contributed by atoms with Crippen molar-refractivity contribution in [2.24, 2.45) is 0 Å². The Morgan fingerprint density at radius 1 is 0.950 bits per heavy atom. The zero-order valence-corrected chi connectivity index (χ0v) is 11.0. The molecule has 2 heteroatoms. The molecule has 0 aliphatic rings. The Morgan fingerprint density at radius 2 is 1.55 bits per heavy atom. The molecule has 0 unspecified atom stereocenters. The van der Waals surface area contributed by atoms with Crippen molar-refractivity contribution < 1.29 is 0 Å². The standard InChI is InChI=1S/C18H14N2/c1-2-3-13-18(16-9-5-4-6-10-16)17(11-7-14-19)12-8-15-20/h2-13H,1H2. The smallest absolute Gasteiger partial charge is 0.0912 e. The average molecular weight is 258 g/mol. The highest BCUT2D eigenvalue weighted by Crippen LogP contribution is 2.22.